The molecule has 3 aromatic rings. The van der Waals surface area contributed by atoms with Crippen LogP contribution in [-0.2, 0) is 6.42 Å². The quantitative estimate of drug-likeness (QED) is 0.445. The second kappa shape index (κ2) is 6.91. The van der Waals surface area contributed by atoms with Crippen molar-refractivity contribution in [3.8, 4) is 17.2 Å². The van der Waals surface area contributed by atoms with Crippen LogP contribution in [-0.4, -0.2) is 16.8 Å². The lowest BCUT2D eigenvalue weighted by atomic mass is 9.92. The number of benzene rings is 2. The molecule has 0 bridgehead atoms. The molecule has 5 nitrogen and oxygen atoms in total. The first-order chi connectivity index (χ1) is 14.2. The average molecular weight is 425 g/mol. The predicted octanol–water partition coefficient (Wildman–Crippen LogP) is 6.40. The summed E-state index contributed by atoms with van der Waals surface area (Å²) in [5.41, 5.74) is 0.744. The van der Waals surface area contributed by atoms with Crippen LogP contribution in [0.4, 0.5) is 0 Å². The van der Waals surface area contributed by atoms with E-state index in [2.05, 4.69) is 13.8 Å². The molecule has 0 spiro atoms. The Morgan fingerprint density at radius 2 is 1.65 bits per heavy atom. The fourth-order valence-electron chi connectivity index (χ4n) is 3.93. The summed E-state index contributed by atoms with van der Waals surface area (Å²) in [5, 5.41) is 0.933. The molecule has 31 heavy (non-hydrogen) atoms. The molecule has 0 saturated carbocycles. The standard InChI is InChI=1S/C26H32O5/c1-24(2,3)29-15-9-10-18-17(13-15)22(27)21-20(30-25(4,5)6)14-19-16(23(21)28-18)11-12-26(7,8)31-19/h9-10,13-14H,11-12H2,1-8H3. The first-order valence-electron chi connectivity index (χ1n) is 10.9. The lowest BCUT2D eigenvalue weighted by Crippen LogP contribution is -2.33. The summed E-state index contributed by atoms with van der Waals surface area (Å²) in [4.78, 5) is 13.7. The molecule has 1 aliphatic rings. The number of rotatable bonds is 2. The molecule has 0 atom stereocenters. The third-order valence-corrected chi connectivity index (χ3v) is 5.15. The molecule has 2 aromatic carbocycles. The summed E-state index contributed by atoms with van der Waals surface area (Å²) in [6.45, 7) is 15.9. The maximum atomic E-state index is 13.7. The van der Waals surface area contributed by atoms with Crippen molar-refractivity contribution in [3.63, 3.8) is 0 Å². The van der Waals surface area contributed by atoms with E-state index in [0.717, 1.165) is 24.2 Å². The molecule has 0 saturated heterocycles. The number of hydrogen-bond donors (Lipinski definition) is 0. The zero-order chi connectivity index (χ0) is 22.8. The van der Waals surface area contributed by atoms with Crippen molar-refractivity contribution in [2.24, 2.45) is 0 Å². The van der Waals surface area contributed by atoms with Crippen LogP contribution >= 0.6 is 0 Å². The van der Waals surface area contributed by atoms with Gasteiger partial charge in [0.25, 0.3) is 0 Å². The van der Waals surface area contributed by atoms with Crippen LogP contribution in [0.3, 0.4) is 0 Å². The zero-order valence-electron chi connectivity index (χ0n) is 19.8. The largest absolute Gasteiger partial charge is 0.488 e. The average Bonchev–Trinajstić information content (AvgIpc) is 2.58. The van der Waals surface area contributed by atoms with Gasteiger partial charge < -0.3 is 18.6 Å². The topological polar surface area (TPSA) is 57.9 Å². The van der Waals surface area contributed by atoms with Gasteiger partial charge in [0, 0.05) is 11.6 Å². The van der Waals surface area contributed by atoms with E-state index in [1.165, 1.54) is 0 Å². The lowest BCUT2D eigenvalue weighted by molar-refractivity contribution is 0.0831. The molecule has 1 aromatic heterocycles. The van der Waals surface area contributed by atoms with Gasteiger partial charge in [-0.3, -0.25) is 4.79 Å². The van der Waals surface area contributed by atoms with Crippen molar-refractivity contribution in [3.05, 3.63) is 40.1 Å². The lowest BCUT2D eigenvalue weighted by Gasteiger charge is -2.33. The van der Waals surface area contributed by atoms with Crippen molar-refractivity contribution < 1.29 is 18.6 Å². The van der Waals surface area contributed by atoms with Crippen molar-refractivity contribution in [1.29, 1.82) is 0 Å². The highest BCUT2D eigenvalue weighted by Crippen LogP contribution is 2.43. The molecule has 0 unspecified atom stereocenters. The van der Waals surface area contributed by atoms with Gasteiger partial charge in [-0.25, -0.2) is 0 Å². The molecule has 1 aliphatic heterocycles. The van der Waals surface area contributed by atoms with Gasteiger partial charge in [-0.2, -0.15) is 0 Å². The SMILES string of the molecule is CC(C)(C)Oc1ccc2oc3c4c(cc(OC(C)(C)C)c3c(=O)c2c1)OC(C)(C)CC4. The molecule has 0 N–H and O–H groups in total. The Kier molecular flexibility index (Phi) is 4.80. The fraction of sp³-hybridized carbons (Fsp3) is 0.500. The van der Waals surface area contributed by atoms with Crippen LogP contribution in [0.5, 0.6) is 17.2 Å². The van der Waals surface area contributed by atoms with Crippen molar-refractivity contribution in [2.45, 2.75) is 85.0 Å². The minimum absolute atomic E-state index is 0.123. The normalized spacial score (nSPS) is 16.1. The summed E-state index contributed by atoms with van der Waals surface area (Å²) < 4.78 is 24.8. The Morgan fingerprint density at radius 1 is 0.968 bits per heavy atom. The Labute approximate surface area is 183 Å². The molecule has 0 aliphatic carbocycles. The van der Waals surface area contributed by atoms with Crippen molar-refractivity contribution in [2.75, 3.05) is 0 Å². The summed E-state index contributed by atoms with van der Waals surface area (Å²) in [5.74, 6) is 1.84. The molecule has 5 heteroatoms. The molecule has 166 valence electrons. The summed E-state index contributed by atoms with van der Waals surface area (Å²) in [6, 6.07) is 7.24. The Morgan fingerprint density at radius 3 is 2.29 bits per heavy atom. The van der Waals surface area contributed by atoms with Crippen LogP contribution in [0.2, 0.25) is 0 Å². The van der Waals surface area contributed by atoms with E-state index in [-0.39, 0.29) is 16.6 Å². The van der Waals surface area contributed by atoms with Gasteiger partial charge in [0.15, 0.2) is 0 Å². The van der Waals surface area contributed by atoms with Crippen molar-refractivity contribution >= 4 is 21.9 Å². The Balaban J connectivity index is 2.02. The highest BCUT2D eigenvalue weighted by molar-refractivity contribution is 5.96. The summed E-state index contributed by atoms with van der Waals surface area (Å²) >= 11 is 0. The zero-order valence-corrected chi connectivity index (χ0v) is 19.8. The number of hydrogen-bond acceptors (Lipinski definition) is 5. The first kappa shape index (κ1) is 21.5. The smallest absolute Gasteiger partial charge is 0.204 e. The van der Waals surface area contributed by atoms with E-state index >= 15 is 0 Å². The van der Waals surface area contributed by atoms with Crippen LogP contribution < -0.4 is 19.6 Å². The summed E-state index contributed by atoms with van der Waals surface area (Å²) in [7, 11) is 0. The Bertz CT molecular complexity index is 1220. The highest BCUT2D eigenvalue weighted by atomic mass is 16.5. The highest BCUT2D eigenvalue weighted by Gasteiger charge is 2.32. The van der Waals surface area contributed by atoms with Crippen LogP contribution in [0.1, 0.15) is 67.4 Å². The third kappa shape index (κ3) is 4.36. The molecule has 0 fully saturated rings. The van der Waals surface area contributed by atoms with Gasteiger partial charge in [-0.15, -0.1) is 0 Å². The van der Waals surface area contributed by atoms with Gasteiger partial charge in [0.1, 0.15) is 50.6 Å². The van der Waals surface area contributed by atoms with Gasteiger partial charge in [0.05, 0.1) is 5.39 Å². The van der Waals surface area contributed by atoms with Gasteiger partial charge >= 0.3 is 0 Å². The molecule has 4 rings (SSSR count). The third-order valence-electron chi connectivity index (χ3n) is 5.15. The minimum Gasteiger partial charge on any atom is -0.488 e. The second-order valence-electron chi connectivity index (χ2n) is 10.9. The van der Waals surface area contributed by atoms with E-state index < -0.39 is 5.60 Å². The van der Waals surface area contributed by atoms with E-state index in [0.29, 0.717) is 33.4 Å². The van der Waals surface area contributed by atoms with Crippen LogP contribution in [0.15, 0.2) is 33.5 Å². The van der Waals surface area contributed by atoms with Gasteiger partial charge in [0.2, 0.25) is 5.43 Å². The fourth-order valence-corrected chi connectivity index (χ4v) is 3.93. The molecular formula is C26H32O5. The van der Waals surface area contributed by atoms with E-state index in [1.807, 2.05) is 53.7 Å². The van der Waals surface area contributed by atoms with Crippen LogP contribution in [0.25, 0.3) is 21.9 Å². The number of fused-ring (bicyclic) bond motifs is 4. The number of ether oxygens (including phenoxy) is 3. The second-order valence-corrected chi connectivity index (χ2v) is 10.9. The van der Waals surface area contributed by atoms with Crippen molar-refractivity contribution in [1.82, 2.24) is 0 Å². The molecule has 0 radical (unpaired) electrons. The monoisotopic (exact) mass is 424 g/mol. The number of aryl methyl sites for hydroxylation is 1. The van der Waals surface area contributed by atoms with E-state index in [9.17, 15) is 4.79 Å². The van der Waals surface area contributed by atoms with E-state index in [4.69, 9.17) is 18.6 Å². The predicted molar refractivity (Wildman–Crippen MR) is 124 cm³/mol. The van der Waals surface area contributed by atoms with Crippen LogP contribution in [0, 0.1) is 0 Å². The van der Waals surface area contributed by atoms with Gasteiger partial charge in [-0.05, 0) is 86.4 Å². The molecule has 0 amide bonds. The molecule has 2 heterocycles. The van der Waals surface area contributed by atoms with Gasteiger partial charge in [-0.1, -0.05) is 0 Å². The molecular weight excluding hydrogens is 392 g/mol. The maximum absolute atomic E-state index is 13.7. The maximum Gasteiger partial charge on any atom is 0.204 e. The summed E-state index contributed by atoms with van der Waals surface area (Å²) in [6.07, 6.45) is 1.61. The Hall–Kier alpha value is -2.69. The minimum atomic E-state index is -0.482. The van der Waals surface area contributed by atoms with E-state index in [1.54, 1.807) is 12.1 Å². The first-order valence-corrected chi connectivity index (χ1v) is 10.9.